The second-order valence-corrected chi connectivity index (χ2v) is 6.98. The second-order valence-electron chi connectivity index (χ2n) is 6.98. The fraction of sp³-hybridized carbons (Fsp3) is 0.938. The van der Waals surface area contributed by atoms with Crippen LogP contribution in [-0.2, 0) is 4.79 Å². The Labute approximate surface area is 122 Å². The van der Waals surface area contributed by atoms with Crippen molar-refractivity contribution >= 4 is 5.91 Å². The summed E-state index contributed by atoms with van der Waals surface area (Å²) in [6.07, 6.45) is 6.45. The fourth-order valence-corrected chi connectivity index (χ4v) is 3.43. The van der Waals surface area contributed by atoms with E-state index in [0.717, 1.165) is 44.7 Å². The van der Waals surface area contributed by atoms with E-state index < -0.39 is 5.60 Å². The minimum Gasteiger partial charge on any atom is -0.389 e. The molecule has 1 aliphatic heterocycles. The largest absolute Gasteiger partial charge is 0.389 e. The van der Waals surface area contributed by atoms with E-state index in [0.29, 0.717) is 12.6 Å². The van der Waals surface area contributed by atoms with E-state index in [-0.39, 0.29) is 12.3 Å². The van der Waals surface area contributed by atoms with Crippen LogP contribution in [0.2, 0.25) is 0 Å². The monoisotopic (exact) mass is 282 g/mol. The Morgan fingerprint density at radius 3 is 2.55 bits per heavy atom. The van der Waals surface area contributed by atoms with Crippen LogP contribution in [-0.4, -0.2) is 47.2 Å². The first-order valence-corrected chi connectivity index (χ1v) is 8.22. The van der Waals surface area contributed by atoms with E-state index in [9.17, 15) is 9.90 Å². The van der Waals surface area contributed by atoms with Crippen LogP contribution >= 0.6 is 0 Å². The highest BCUT2D eigenvalue weighted by Gasteiger charge is 2.33. The van der Waals surface area contributed by atoms with E-state index in [2.05, 4.69) is 24.1 Å². The van der Waals surface area contributed by atoms with Crippen LogP contribution in [0.3, 0.4) is 0 Å². The molecule has 1 heterocycles. The summed E-state index contributed by atoms with van der Waals surface area (Å²) in [7, 11) is 0. The summed E-state index contributed by atoms with van der Waals surface area (Å²) in [6.45, 7) is 7.47. The van der Waals surface area contributed by atoms with E-state index in [1.165, 1.54) is 12.8 Å². The van der Waals surface area contributed by atoms with Crippen LogP contribution in [0.4, 0.5) is 0 Å². The zero-order valence-electron chi connectivity index (χ0n) is 13.0. The maximum absolute atomic E-state index is 12.0. The topological polar surface area (TPSA) is 52.6 Å². The maximum atomic E-state index is 12.0. The van der Waals surface area contributed by atoms with Crippen molar-refractivity contribution in [3.8, 4) is 0 Å². The third kappa shape index (κ3) is 4.45. The Bertz CT molecular complexity index is 318. The number of amides is 1. The smallest absolute Gasteiger partial charge is 0.222 e. The predicted molar refractivity (Wildman–Crippen MR) is 80.5 cm³/mol. The minimum atomic E-state index is -0.728. The molecule has 0 aromatic carbocycles. The van der Waals surface area contributed by atoms with Crippen LogP contribution in [0.25, 0.3) is 0 Å². The van der Waals surface area contributed by atoms with Crippen LogP contribution in [0.1, 0.15) is 58.8 Å². The van der Waals surface area contributed by atoms with Gasteiger partial charge in [0.25, 0.3) is 0 Å². The lowest BCUT2D eigenvalue weighted by Crippen LogP contribution is -2.46. The van der Waals surface area contributed by atoms with Gasteiger partial charge in [-0.3, -0.25) is 9.69 Å². The fourth-order valence-electron chi connectivity index (χ4n) is 3.43. The second kappa shape index (κ2) is 6.90. The van der Waals surface area contributed by atoms with Crippen molar-refractivity contribution in [1.82, 2.24) is 10.2 Å². The lowest BCUT2D eigenvalue weighted by atomic mass is 9.97. The van der Waals surface area contributed by atoms with Gasteiger partial charge in [-0.2, -0.15) is 0 Å². The zero-order valence-corrected chi connectivity index (χ0v) is 13.0. The highest BCUT2D eigenvalue weighted by molar-refractivity contribution is 5.77. The molecule has 1 aliphatic carbocycles. The van der Waals surface area contributed by atoms with Gasteiger partial charge in [0.1, 0.15) is 0 Å². The molecule has 4 heteroatoms. The molecule has 20 heavy (non-hydrogen) atoms. The molecule has 0 aromatic rings. The van der Waals surface area contributed by atoms with Gasteiger partial charge in [-0.1, -0.05) is 19.8 Å². The third-order valence-electron chi connectivity index (χ3n) is 5.06. The molecule has 4 nitrogen and oxygen atoms in total. The molecule has 0 spiro atoms. The predicted octanol–water partition coefficient (Wildman–Crippen LogP) is 1.92. The van der Waals surface area contributed by atoms with E-state index in [4.69, 9.17) is 0 Å². The van der Waals surface area contributed by atoms with Crippen molar-refractivity contribution in [2.24, 2.45) is 5.92 Å². The van der Waals surface area contributed by atoms with Crippen molar-refractivity contribution in [3.05, 3.63) is 0 Å². The SMILES string of the molecule is CC1CCN(C(C)CNC(=O)CC2(O)CCCC2)CC1. The van der Waals surface area contributed by atoms with Crippen molar-refractivity contribution < 1.29 is 9.90 Å². The van der Waals surface area contributed by atoms with Crippen LogP contribution in [0.15, 0.2) is 0 Å². The van der Waals surface area contributed by atoms with Gasteiger partial charge in [-0.15, -0.1) is 0 Å². The van der Waals surface area contributed by atoms with Gasteiger partial charge in [-0.25, -0.2) is 0 Å². The molecule has 1 atom stereocenters. The van der Waals surface area contributed by atoms with Gasteiger partial charge < -0.3 is 10.4 Å². The third-order valence-corrected chi connectivity index (χ3v) is 5.06. The molecule has 1 saturated carbocycles. The number of nitrogens with zero attached hydrogens (tertiary/aromatic N) is 1. The summed E-state index contributed by atoms with van der Waals surface area (Å²) in [5.74, 6) is 0.844. The molecule has 0 radical (unpaired) electrons. The van der Waals surface area contributed by atoms with Gasteiger partial charge in [0.05, 0.1) is 12.0 Å². The van der Waals surface area contributed by atoms with Crippen LogP contribution in [0, 0.1) is 5.92 Å². The molecule has 1 unspecified atom stereocenters. The zero-order chi connectivity index (χ0) is 14.6. The summed E-state index contributed by atoms with van der Waals surface area (Å²) in [4.78, 5) is 14.4. The maximum Gasteiger partial charge on any atom is 0.222 e. The summed E-state index contributed by atoms with van der Waals surface area (Å²) >= 11 is 0. The van der Waals surface area contributed by atoms with Gasteiger partial charge in [-0.05, 0) is 51.6 Å². The number of carbonyl (C=O) groups excluding carboxylic acids is 1. The van der Waals surface area contributed by atoms with Gasteiger partial charge in [0, 0.05) is 12.6 Å². The van der Waals surface area contributed by atoms with Crippen molar-refractivity contribution in [2.75, 3.05) is 19.6 Å². The number of hydrogen-bond acceptors (Lipinski definition) is 3. The number of hydrogen-bond donors (Lipinski definition) is 2. The van der Waals surface area contributed by atoms with Crippen molar-refractivity contribution in [1.29, 1.82) is 0 Å². The molecule has 1 saturated heterocycles. The molecule has 1 amide bonds. The van der Waals surface area contributed by atoms with Crippen LogP contribution in [0.5, 0.6) is 0 Å². The Balaban J connectivity index is 1.67. The molecule has 116 valence electrons. The molecular weight excluding hydrogens is 252 g/mol. The van der Waals surface area contributed by atoms with E-state index in [1.807, 2.05) is 0 Å². The molecule has 0 bridgehead atoms. The number of piperidine rings is 1. The van der Waals surface area contributed by atoms with E-state index in [1.54, 1.807) is 0 Å². The standard InChI is InChI=1S/C16H30N2O2/c1-13-5-9-18(10-6-13)14(2)12-17-15(19)11-16(20)7-3-4-8-16/h13-14,20H,3-12H2,1-2H3,(H,17,19). The van der Waals surface area contributed by atoms with Crippen LogP contribution < -0.4 is 5.32 Å². The first-order valence-electron chi connectivity index (χ1n) is 8.22. The molecule has 0 aromatic heterocycles. The highest BCUT2D eigenvalue weighted by atomic mass is 16.3. The Morgan fingerprint density at radius 2 is 1.95 bits per heavy atom. The minimum absolute atomic E-state index is 0.00614. The van der Waals surface area contributed by atoms with Crippen molar-refractivity contribution in [3.63, 3.8) is 0 Å². The number of likely N-dealkylation sites (tertiary alicyclic amines) is 1. The number of carbonyl (C=O) groups is 1. The number of nitrogens with one attached hydrogen (secondary N) is 1. The summed E-state index contributed by atoms with van der Waals surface area (Å²) in [5.41, 5.74) is -0.728. The normalized spacial score (nSPS) is 25.6. The van der Waals surface area contributed by atoms with E-state index >= 15 is 0 Å². The highest BCUT2D eigenvalue weighted by Crippen LogP contribution is 2.32. The summed E-state index contributed by atoms with van der Waals surface area (Å²) in [5, 5.41) is 13.2. The number of aliphatic hydroxyl groups is 1. The Hall–Kier alpha value is -0.610. The number of rotatable bonds is 5. The molecule has 2 rings (SSSR count). The van der Waals surface area contributed by atoms with Gasteiger partial charge in [0.2, 0.25) is 5.91 Å². The van der Waals surface area contributed by atoms with Crippen molar-refractivity contribution in [2.45, 2.75) is 70.4 Å². The molecule has 2 fully saturated rings. The van der Waals surface area contributed by atoms with Gasteiger partial charge >= 0.3 is 0 Å². The first kappa shape index (κ1) is 15.8. The first-order chi connectivity index (χ1) is 9.48. The average molecular weight is 282 g/mol. The molecule has 2 aliphatic rings. The Morgan fingerprint density at radius 1 is 1.35 bits per heavy atom. The molecule has 2 N–H and O–H groups in total. The van der Waals surface area contributed by atoms with Gasteiger partial charge in [0.15, 0.2) is 0 Å². The Kier molecular flexibility index (Phi) is 5.44. The average Bonchev–Trinajstić information content (AvgIpc) is 2.83. The lowest BCUT2D eigenvalue weighted by Gasteiger charge is -2.35. The molecular formula is C16H30N2O2. The summed E-state index contributed by atoms with van der Waals surface area (Å²) < 4.78 is 0. The quantitative estimate of drug-likeness (QED) is 0.810. The lowest BCUT2D eigenvalue weighted by molar-refractivity contribution is -0.126. The summed E-state index contributed by atoms with van der Waals surface area (Å²) in [6, 6.07) is 0.393.